The molecule has 0 aliphatic carbocycles. The zero-order chi connectivity index (χ0) is 32.6. The summed E-state index contributed by atoms with van der Waals surface area (Å²) >= 11 is 0. The monoisotopic (exact) mass is 608 g/mol. The Morgan fingerprint density at radius 3 is 0.930 bits per heavy atom. The van der Waals surface area contributed by atoms with Crippen LogP contribution in [0.5, 0.6) is 0 Å². The van der Waals surface area contributed by atoms with Crippen LogP contribution in [0.3, 0.4) is 0 Å². The van der Waals surface area contributed by atoms with Gasteiger partial charge in [0.25, 0.3) is 0 Å². The van der Waals surface area contributed by atoms with Crippen molar-refractivity contribution in [2.24, 2.45) is 5.41 Å². The molecule has 1 spiro atoms. The molecule has 0 amide bonds. The van der Waals surface area contributed by atoms with Crippen molar-refractivity contribution in [2.75, 3.05) is 26.4 Å². The molecular formula is C31H44O12. The molecule has 0 unspecified atom stereocenters. The van der Waals surface area contributed by atoms with E-state index in [9.17, 15) is 19.2 Å². The summed E-state index contributed by atoms with van der Waals surface area (Å²) in [7, 11) is 0. The van der Waals surface area contributed by atoms with E-state index in [2.05, 4.69) is 0 Å². The predicted molar refractivity (Wildman–Crippen MR) is 153 cm³/mol. The number of ether oxygens (including phenoxy) is 8. The van der Waals surface area contributed by atoms with Gasteiger partial charge < -0.3 is 37.9 Å². The summed E-state index contributed by atoms with van der Waals surface area (Å²) in [6, 6.07) is 0. The molecule has 2 aliphatic heterocycles. The van der Waals surface area contributed by atoms with Crippen LogP contribution < -0.4 is 0 Å². The highest BCUT2D eigenvalue weighted by atomic mass is 16.8. The summed E-state index contributed by atoms with van der Waals surface area (Å²) in [4.78, 5) is 50.5. The van der Waals surface area contributed by atoms with Gasteiger partial charge in [-0.2, -0.15) is 0 Å². The molecule has 2 aliphatic rings. The number of carbonyl (C=O) groups excluding carboxylic acids is 4. The molecule has 0 atom stereocenters. The van der Waals surface area contributed by atoms with E-state index in [0.717, 1.165) is 0 Å². The lowest BCUT2D eigenvalue weighted by Gasteiger charge is -2.48. The Hall–Kier alpha value is -3.32. The Morgan fingerprint density at radius 2 is 0.744 bits per heavy atom. The lowest BCUT2D eigenvalue weighted by molar-refractivity contribution is -0.388. The van der Waals surface area contributed by atoms with Crippen molar-refractivity contribution in [2.45, 2.75) is 93.4 Å². The number of hydrogen-bond donors (Lipinski definition) is 0. The molecule has 0 radical (unpaired) electrons. The molecule has 2 heterocycles. The first-order valence-corrected chi connectivity index (χ1v) is 14.0. The number of carbonyl (C=O) groups is 4. The van der Waals surface area contributed by atoms with Crippen molar-refractivity contribution in [1.29, 1.82) is 0 Å². The zero-order valence-corrected chi connectivity index (χ0v) is 26.7. The van der Waals surface area contributed by atoms with Crippen LogP contribution in [0.1, 0.15) is 69.2 Å². The molecule has 0 aromatic rings. The largest absolute Gasteiger partial charge is 0.414 e. The number of rotatable bonds is 10. The fourth-order valence-electron chi connectivity index (χ4n) is 3.73. The van der Waals surface area contributed by atoms with Crippen molar-refractivity contribution >= 4 is 23.9 Å². The van der Waals surface area contributed by atoms with Gasteiger partial charge in [-0.1, -0.05) is 24.3 Å². The average molecular weight is 609 g/mol. The molecule has 0 N–H and O–H groups in total. The van der Waals surface area contributed by atoms with Crippen molar-refractivity contribution in [3.8, 4) is 0 Å². The van der Waals surface area contributed by atoms with Gasteiger partial charge in [-0.25, -0.2) is 19.2 Å². The van der Waals surface area contributed by atoms with Crippen LogP contribution >= 0.6 is 0 Å². The van der Waals surface area contributed by atoms with E-state index in [0.29, 0.717) is 22.3 Å². The van der Waals surface area contributed by atoms with E-state index in [4.69, 9.17) is 37.9 Å². The van der Waals surface area contributed by atoms with Crippen molar-refractivity contribution in [3.05, 3.63) is 46.6 Å². The van der Waals surface area contributed by atoms with E-state index in [-0.39, 0.29) is 26.4 Å². The van der Waals surface area contributed by atoms with Gasteiger partial charge in [-0.3, -0.25) is 0 Å². The highest BCUT2D eigenvalue weighted by molar-refractivity contribution is 5.90. The maximum absolute atomic E-state index is 12.6. The van der Waals surface area contributed by atoms with Gasteiger partial charge in [0.2, 0.25) is 12.6 Å². The van der Waals surface area contributed by atoms with Crippen LogP contribution in [0.2, 0.25) is 0 Å². The Kier molecular flexibility index (Phi) is 12.4. The number of allylic oxidation sites excluding steroid dienone is 4. The van der Waals surface area contributed by atoms with Gasteiger partial charge in [0.1, 0.15) is 0 Å². The minimum Gasteiger partial charge on any atom is -0.414 e. The second kappa shape index (κ2) is 14.9. The second-order valence-corrected chi connectivity index (χ2v) is 10.9. The predicted octanol–water partition coefficient (Wildman–Crippen LogP) is 4.19. The third-order valence-corrected chi connectivity index (χ3v) is 7.22. The first kappa shape index (κ1) is 35.9. The Morgan fingerprint density at radius 1 is 0.535 bits per heavy atom. The van der Waals surface area contributed by atoms with Gasteiger partial charge in [0.05, 0.1) is 31.8 Å². The molecule has 2 fully saturated rings. The van der Waals surface area contributed by atoms with Crippen LogP contribution in [0.25, 0.3) is 0 Å². The topological polar surface area (TPSA) is 142 Å². The molecule has 0 saturated carbocycles. The fraction of sp³-hybridized carbons (Fsp3) is 0.613. The molecule has 12 nitrogen and oxygen atoms in total. The molecule has 12 heteroatoms. The molecule has 43 heavy (non-hydrogen) atoms. The molecule has 0 aromatic carbocycles. The summed E-state index contributed by atoms with van der Waals surface area (Å²) < 4.78 is 46.1. The molecule has 240 valence electrons. The number of hydrogen-bond acceptors (Lipinski definition) is 12. The van der Waals surface area contributed by atoms with Gasteiger partial charge in [-0.05, 0) is 55.4 Å². The fourth-order valence-corrected chi connectivity index (χ4v) is 3.73. The first-order chi connectivity index (χ1) is 20.1. The smallest absolute Gasteiger partial charge is 0.336 e. The molecule has 2 rings (SSSR count). The van der Waals surface area contributed by atoms with E-state index in [1.165, 1.54) is 13.8 Å². The highest BCUT2D eigenvalue weighted by Crippen LogP contribution is 2.38. The maximum Gasteiger partial charge on any atom is 0.336 e. The highest BCUT2D eigenvalue weighted by Gasteiger charge is 2.54. The minimum atomic E-state index is -1.92. The molecule has 0 aromatic heterocycles. The Labute approximate surface area is 252 Å². The van der Waals surface area contributed by atoms with Crippen molar-refractivity contribution in [3.63, 3.8) is 0 Å². The summed E-state index contributed by atoms with van der Waals surface area (Å²) in [5.41, 5.74) is 0.382. The van der Waals surface area contributed by atoms with Gasteiger partial charge in [0, 0.05) is 36.1 Å². The Bertz CT molecular complexity index is 1020. The first-order valence-electron chi connectivity index (χ1n) is 14.0. The average Bonchev–Trinajstić information content (AvgIpc) is 2.99. The van der Waals surface area contributed by atoms with Gasteiger partial charge in [-0.15, -0.1) is 0 Å². The normalized spacial score (nSPS) is 26.6. The maximum atomic E-state index is 12.6. The molecule has 2 saturated heterocycles. The van der Waals surface area contributed by atoms with E-state index < -0.39 is 53.4 Å². The zero-order valence-electron chi connectivity index (χ0n) is 26.7. The third-order valence-electron chi connectivity index (χ3n) is 7.22. The minimum absolute atomic E-state index is 0.00588. The summed E-state index contributed by atoms with van der Waals surface area (Å²) in [6.07, 6.45) is 3.72. The van der Waals surface area contributed by atoms with E-state index in [1.54, 1.807) is 79.7 Å². The number of esters is 4. The summed E-state index contributed by atoms with van der Waals surface area (Å²) in [5, 5.41) is 0. The van der Waals surface area contributed by atoms with Gasteiger partial charge in [0.15, 0.2) is 0 Å². The van der Waals surface area contributed by atoms with Crippen LogP contribution in [-0.4, -0.2) is 74.5 Å². The van der Waals surface area contributed by atoms with Gasteiger partial charge >= 0.3 is 35.5 Å². The molecule has 0 bridgehead atoms. The lowest BCUT2D eigenvalue weighted by Crippen LogP contribution is -2.61. The van der Waals surface area contributed by atoms with Crippen LogP contribution in [0, 0.1) is 5.41 Å². The summed E-state index contributed by atoms with van der Waals surface area (Å²) in [6.45, 7) is 15.7. The Balaban J connectivity index is 2.20. The lowest BCUT2D eigenvalue weighted by atomic mass is 9.90. The quantitative estimate of drug-likeness (QED) is 0.199. The SMILES string of the molecule is CC=C(C)C(=O)OC(C)(OC(=O)C(C)=CC)C1OCC2(CO1)COC(C(C)(OC(=O)C(C)=CC)OC(=O)C(C)=CC)OC2. The van der Waals surface area contributed by atoms with E-state index in [1.807, 2.05) is 0 Å². The summed E-state index contributed by atoms with van der Waals surface area (Å²) in [5.74, 6) is -6.67. The third kappa shape index (κ3) is 8.85. The van der Waals surface area contributed by atoms with E-state index >= 15 is 0 Å². The standard InChI is InChI=1S/C31H44O12/c1-11-19(5)23(32)40-29(9,41-24(33)20(6)12-2)27-36-15-31(16-37-27)17-38-28(39-18-31)30(10,42-25(34)21(7)13-3)43-26(35)22(8)14-4/h11-14,27-28H,15-18H2,1-10H3. The van der Waals surface area contributed by atoms with Crippen LogP contribution in [-0.2, 0) is 57.1 Å². The second-order valence-electron chi connectivity index (χ2n) is 10.9. The molecular weight excluding hydrogens is 564 g/mol. The van der Waals surface area contributed by atoms with Crippen molar-refractivity contribution in [1.82, 2.24) is 0 Å². The van der Waals surface area contributed by atoms with Crippen molar-refractivity contribution < 1.29 is 57.1 Å². The van der Waals surface area contributed by atoms with Crippen LogP contribution in [0.4, 0.5) is 0 Å². The van der Waals surface area contributed by atoms with Crippen LogP contribution in [0.15, 0.2) is 46.6 Å².